The SMILES string of the molecule is CCOc1ccccc1NC(=O)[C@@H](Sc1nc(N)cc(N)n1)c1ccccc1. The van der Waals surface area contributed by atoms with Crippen LogP contribution in [-0.2, 0) is 4.79 Å². The van der Waals surface area contributed by atoms with Gasteiger partial charge < -0.3 is 21.5 Å². The molecule has 0 radical (unpaired) electrons. The summed E-state index contributed by atoms with van der Waals surface area (Å²) in [7, 11) is 0. The second-order valence-corrected chi connectivity index (χ2v) is 6.90. The Morgan fingerprint density at radius 2 is 1.71 bits per heavy atom. The summed E-state index contributed by atoms with van der Waals surface area (Å²) in [5.41, 5.74) is 12.9. The first-order valence-corrected chi connectivity index (χ1v) is 9.59. The number of hydrogen-bond acceptors (Lipinski definition) is 7. The van der Waals surface area contributed by atoms with Crippen molar-refractivity contribution >= 4 is 35.0 Å². The van der Waals surface area contributed by atoms with E-state index in [4.69, 9.17) is 16.2 Å². The molecule has 0 saturated carbocycles. The molecule has 0 fully saturated rings. The van der Waals surface area contributed by atoms with Crippen LogP contribution in [-0.4, -0.2) is 22.5 Å². The summed E-state index contributed by atoms with van der Waals surface area (Å²) in [6.45, 7) is 2.39. The van der Waals surface area contributed by atoms with Gasteiger partial charge in [0.25, 0.3) is 0 Å². The van der Waals surface area contributed by atoms with E-state index in [9.17, 15) is 4.79 Å². The number of nitrogen functional groups attached to an aromatic ring is 2. The predicted octanol–water partition coefficient (Wildman–Crippen LogP) is 3.51. The van der Waals surface area contributed by atoms with Gasteiger partial charge in [-0.25, -0.2) is 9.97 Å². The van der Waals surface area contributed by atoms with Gasteiger partial charge in [-0.3, -0.25) is 4.79 Å². The monoisotopic (exact) mass is 395 g/mol. The quantitative estimate of drug-likeness (QED) is 0.414. The van der Waals surface area contributed by atoms with Crippen molar-refractivity contribution in [3.8, 4) is 5.75 Å². The van der Waals surface area contributed by atoms with Crippen molar-refractivity contribution in [2.24, 2.45) is 0 Å². The lowest BCUT2D eigenvalue weighted by atomic mass is 10.1. The molecule has 0 unspecified atom stereocenters. The summed E-state index contributed by atoms with van der Waals surface area (Å²) in [6, 6.07) is 18.2. The Morgan fingerprint density at radius 3 is 2.39 bits per heavy atom. The van der Waals surface area contributed by atoms with Crippen LogP contribution >= 0.6 is 11.8 Å². The molecule has 0 saturated heterocycles. The van der Waals surface area contributed by atoms with Gasteiger partial charge in [0, 0.05) is 6.07 Å². The van der Waals surface area contributed by atoms with Crippen molar-refractivity contribution in [3.05, 3.63) is 66.2 Å². The Labute approximate surface area is 167 Å². The zero-order valence-electron chi connectivity index (χ0n) is 15.3. The molecule has 3 aromatic rings. The largest absolute Gasteiger partial charge is 0.492 e. The molecule has 1 amide bonds. The van der Waals surface area contributed by atoms with Crippen molar-refractivity contribution in [2.45, 2.75) is 17.3 Å². The van der Waals surface area contributed by atoms with Crippen molar-refractivity contribution in [2.75, 3.05) is 23.4 Å². The minimum absolute atomic E-state index is 0.229. The van der Waals surface area contributed by atoms with Gasteiger partial charge >= 0.3 is 0 Å². The number of anilines is 3. The number of aromatic nitrogens is 2. The van der Waals surface area contributed by atoms with Gasteiger partial charge in [-0.05, 0) is 24.6 Å². The first-order chi connectivity index (χ1) is 13.6. The average molecular weight is 395 g/mol. The molecule has 1 heterocycles. The van der Waals surface area contributed by atoms with Crippen LogP contribution in [0.1, 0.15) is 17.7 Å². The first-order valence-electron chi connectivity index (χ1n) is 8.71. The number of nitrogens with one attached hydrogen (secondary N) is 1. The first kappa shape index (κ1) is 19.5. The molecule has 5 N–H and O–H groups in total. The van der Waals surface area contributed by atoms with Crippen LogP contribution in [0, 0.1) is 0 Å². The number of ether oxygens (including phenoxy) is 1. The molecule has 144 valence electrons. The van der Waals surface area contributed by atoms with E-state index in [0.29, 0.717) is 23.2 Å². The van der Waals surface area contributed by atoms with E-state index >= 15 is 0 Å². The van der Waals surface area contributed by atoms with Crippen LogP contribution in [0.5, 0.6) is 5.75 Å². The van der Waals surface area contributed by atoms with Gasteiger partial charge in [-0.1, -0.05) is 54.2 Å². The van der Waals surface area contributed by atoms with Gasteiger partial charge in [0.2, 0.25) is 5.91 Å². The fourth-order valence-corrected chi connectivity index (χ4v) is 3.56. The van der Waals surface area contributed by atoms with Gasteiger partial charge in [-0.15, -0.1) is 0 Å². The molecule has 0 aliphatic carbocycles. The normalized spacial score (nSPS) is 11.6. The number of hydrogen-bond donors (Lipinski definition) is 3. The van der Waals surface area contributed by atoms with Crippen LogP contribution in [0.15, 0.2) is 65.8 Å². The molecule has 0 bridgehead atoms. The number of thioether (sulfide) groups is 1. The van der Waals surface area contributed by atoms with E-state index in [-0.39, 0.29) is 17.5 Å². The molecule has 28 heavy (non-hydrogen) atoms. The summed E-state index contributed by atoms with van der Waals surface area (Å²) in [6.07, 6.45) is 0. The number of rotatable bonds is 7. The maximum atomic E-state index is 13.1. The number of carbonyl (C=O) groups excluding carboxylic acids is 1. The number of amides is 1. The Bertz CT molecular complexity index is 932. The van der Waals surface area contributed by atoms with Crippen molar-refractivity contribution in [1.82, 2.24) is 9.97 Å². The lowest BCUT2D eigenvalue weighted by molar-refractivity contribution is -0.115. The molecule has 3 rings (SSSR count). The Hall–Kier alpha value is -3.26. The van der Waals surface area contributed by atoms with Crippen LogP contribution in [0.4, 0.5) is 17.3 Å². The number of para-hydroxylation sites is 2. The smallest absolute Gasteiger partial charge is 0.242 e. The molecule has 2 aromatic carbocycles. The third-order valence-corrected chi connectivity index (χ3v) is 4.87. The number of nitrogens with two attached hydrogens (primary N) is 2. The standard InChI is InChI=1S/C20H21N5O2S/c1-2-27-15-11-7-6-10-14(15)23-19(26)18(13-8-4-3-5-9-13)28-20-24-16(21)12-17(22)25-20/h3-12,18H,2H2,1H3,(H,23,26)(H4,21,22,24,25)/t18-/m0/s1. The Balaban J connectivity index is 1.90. The van der Waals surface area contributed by atoms with E-state index in [1.54, 1.807) is 6.07 Å². The average Bonchev–Trinajstić information content (AvgIpc) is 2.68. The molecule has 7 nitrogen and oxygen atoms in total. The fourth-order valence-electron chi connectivity index (χ4n) is 2.57. The highest BCUT2D eigenvalue weighted by atomic mass is 32.2. The van der Waals surface area contributed by atoms with Gasteiger partial charge in [0.1, 0.15) is 22.6 Å². The van der Waals surface area contributed by atoms with Crippen LogP contribution < -0.4 is 21.5 Å². The van der Waals surface area contributed by atoms with E-state index in [0.717, 1.165) is 5.56 Å². The summed E-state index contributed by atoms with van der Waals surface area (Å²) >= 11 is 1.18. The lowest BCUT2D eigenvalue weighted by Gasteiger charge is -2.18. The molecule has 0 aliphatic heterocycles. The van der Waals surface area contributed by atoms with Gasteiger partial charge in [0.05, 0.1) is 12.3 Å². The van der Waals surface area contributed by atoms with Crippen LogP contribution in [0.25, 0.3) is 0 Å². The molecule has 8 heteroatoms. The van der Waals surface area contributed by atoms with Gasteiger partial charge in [-0.2, -0.15) is 0 Å². The molecule has 1 atom stereocenters. The van der Waals surface area contributed by atoms with Crippen molar-refractivity contribution < 1.29 is 9.53 Å². The van der Waals surface area contributed by atoms with Crippen LogP contribution in [0.3, 0.4) is 0 Å². The maximum Gasteiger partial charge on any atom is 0.242 e. The zero-order valence-corrected chi connectivity index (χ0v) is 16.1. The summed E-state index contributed by atoms with van der Waals surface area (Å²) in [5.74, 6) is 0.889. The third-order valence-electron chi connectivity index (χ3n) is 3.75. The summed E-state index contributed by atoms with van der Waals surface area (Å²) in [5, 5.41) is 2.67. The molecular weight excluding hydrogens is 374 g/mol. The number of benzene rings is 2. The summed E-state index contributed by atoms with van der Waals surface area (Å²) in [4.78, 5) is 21.5. The maximum absolute atomic E-state index is 13.1. The predicted molar refractivity (Wildman–Crippen MR) is 112 cm³/mol. The number of carbonyl (C=O) groups is 1. The fraction of sp³-hybridized carbons (Fsp3) is 0.150. The highest BCUT2D eigenvalue weighted by Gasteiger charge is 2.24. The summed E-state index contributed by atoms with van der Waals surface area (Å²) < 4.78 is 5.59. The highest BCUT2D eigenvalue weighted by Crippen LogP contribution is 2.36. The van der Waals surface area contributed by atoms with Gasteiger partial charge in [0.15, 0.2) is 5.16 Å². The van der Waals surface area contributed by atoms with E-state index in [1.165, 1.54) is 17.8 Å². The lowest BCUT2D eigenvalue weighted by Crippen LogP contribution is -2.20. The second kappa shape index (κ2) is 9.09. The van der Waals surface area contributed by atoms with E-state index in [1.807, 2.05) is 55.5 Å². The molecule has 0 spiro atoms. The van der Waals surface area contributed by atoms with E-state index < -0.39 is 5.25 Å². The molecule has 1 aromatic heterocycles. The Kier molecular flexibility index (Phi) is 6.33. The van der Waals surface area contributed by atoms with Crippen LogP contribution in [0.2, 0.25) is 0 Å². The number of nitrogens with zero attached hydrogens (tertiary/aromatic N) is 2. The molecule has 0 aliphatic rings. The highest BCUT2D eigenvalue weighted by molar-refractivity contribution is 8.00. The minimum Gasteiger partial charge on any atom is -0.492 e. The minimum atomic E-state index is -0.600. The second-order valence-electron chi connectivity index (χ2n) is 5.83. The van der Waals surface area contributed by atoms with E-state index in [2.05, 4.69) is 15.3 Å². The zero-order chi connectivity index (χ0) is 19.9. The topological polar surface area (TPSA) is 116 Å². The van der Waals surface area contributed by atoms with Crippen molar-refractivity contribution in [3.63, 3.8) is 0 Å². The van der Waals surface area contributed by atoms with Crippen molar-refractivity contribution in [1.29, 1.82) is 0 Å². The third kappa shape index (κ3) is 4.92. The molecular formula is C20H21N5O2S. The Morgan fingerprint density at radius 1 is 1.07 bits per heavy atom.